The second-order valence-corrected chi connectivity index (χ2v) is 11.6. The Morgan fingerprint density at radius 2 is 1.88 bits per heavy atom. The highest BCUT2D eigenvalue weighted by Crippen LogP contribution is 2.50. The van der Waals surface area contributed by atoms with Gasteiger partial charge in [0.25, 0.3) is 0 Å². The van der Waals surface area contributed by atoms with Gasteiger partial charge in [0.1, 0.15) is 18.0 Å². The third kappa shape index (κ3) is 5.34. The number of phenolic OH excluding ortho intramolecular Hbond substituents is 1. The van der Waals surface area contributed by atoms with Crippen molar-refractivity contribution in [3.8, 4) is 17.2 Å². The van der Waals surface area contributed by atoms with Crippen LogP contribution in [0, 0.1) is 17.8 Å². The van der Waals surface area contributed by atoms with Crippen LogP contribution in [0.5, 0.6) is 17.2 Å². The maximum atomic E-state index is 13.3. The summed E-state index contributed by atoms with van der Waals surface area (Å²) < 4.78 is 27.7. The Morgan fingerprint density at radius 3 is 2.63 bits per heavy atom. The normalized spacial score (nSPS) is 26.8. The molecule has 3 heterocycles. The van der Waals surface area contributed by atoms with Crippen molar-refractivity contribution in [1.29, 1.82) is 0 Å². The van der Waals surface area contributed by atoms with Gasteiger partial charge < -0.3 is 33.8 Å². The molecule has 0 spiro atoms. The topological polar surface area (TPSA) is 120 Å². The van der Waals surface area contributed by atoms with Crippen molar-refractivity contribution >= 4 is 28.9 Å². The van der Waals surface area contributed by atoms with Crippen LogP contribution in [0.1, 0.15) is 35.7 Å². The Labute approximate surface area is 250 Å². The van der Waals surface area contributed by atoms with Crippen LogP contribution < -0.4 is 9.47 Å². The van der Waals surface area contributed by atoms with Gasteiger partial charge in [-0.1, -0.05) is 6.07 Å². The van der Waals surface area contributed by atoms with E-state index < -0.39 is 24.1 Å². The number of nitrogens with one attached hydrogen (secondary N) is 1. The van der Waals surface area contributed by atoms with Crippen LogP contribution in [-0.4, -0.2) is 80.7 Å². The van der Waals surface area contributed by atoms with Crippen molar-refractivity contribution in [2.75, 3.05) is 41.5 Å². The lowest BCUT2D eigenvalue weighted by Gasteiger charge is -2.52. The third-order valence-corrected chi connectivity index (χ3v) is 9.48. The lowest BCUT2D eigenvalue weighted by Crippen LogP contribution is -2.58. The maximum Gasteiger partial charge on any atom is 0.331 e. The summed E-state index contributed by atoms with van der Waals surface area (Å²) in [6.07, 6.45) is 3.98. The van der Waals surface area contributed by atoms with E-state index in [9.17, 15) is 14.7 Å². The van der Waals surface area contributed by atoms with Crippen molar-refractivity contribution in [2.45, 2.75) is 37.5 Å². The molecule has 1 saturated carbocycles. The van der Waals surface area contributed by atoms with Gasteiger partial charge in [0.05, 0.1) is 33.3 Å². The average Bonchev–Trinajstić information content (AvgIpc) is 3.40. The number of aromatic nitrogens is 1. The zero-order chi connectivity index (χ0) is 30.2. The largest absolute Gasteiger partial charge is 0.504 e. The Morgan fingerprint density at radius 1 is 1.05 bits per heavy atom. The SMILES string of the molecule is COC(=O)[C@H]1C2C[C@@H]3c4[nH]c5cc(OC)ccc5c4CCN3C[C@H]2C[C@@H](OC(=O)C=Cc2ccc(O)c(OC)c2)[C@@H]1OC. The summed E-state index contributed by atoms with van der Waals surface area (Å²) in [6, 6.07) is 11.1. The van der Waals surface area contributed by atoms with Crippen molar-refractivity contribution in [1.82, 2.24) is 9.88 Å². The Hall–Kier alpha value is -4.02. The summed E-state index contributed by atoms with van der Waals surface area (Å²) in [5, 5.41) is 11.1. The van der Waals surface area contributed by atoms with E-state index in [0.29, 0.717) is 17.7 Å². The van der Waals surface area contributed by atoms with Crippen LogP contribution in [0.2, 0.25) is 0 Å². The summed E-state index contributed by atoms with van der Waals surface area (Å²) in [5.41, 5.74) is 4.26. The number of nitrogens with zero attached hydrogens (tertiary/aromatic N) is 1. The molecule has 2 aliphatic heterocycles. The average molecular weight is 591 g/mol. The molecule has 1 saturated heterocycles. The molecule has 2 aromatic carbocycles. The van der Waals surface area contributed by atoms with Gasteiger partial charge in [-0.3, -0.25) is 9.69 Å². The van der Waals surface area contributed by atoms with Gasteiger partial charge in [-0.25, -0.2) is 4.79 Å². The fourth-order valence-electron chi connectivity index (χ4n) is 7.51. The van der Waals surface area contributed by atoms with Gasteiger partial charge >= 0.3 is 11.9 Å². The molecule has 6 rings (SSSR count). The number of piperidine rings is 1. The Kier molecular flexibility index (Phi) is 8.07. The van der Waals surface area contributed by atoms with E-state index in [1.165, 1.54) is 43.0 Å². The van der Waals surface area contributed by atoms with Crippen molar-refractivity contribution in [2.24, 2.45) is 17.8 Å². The molecule has 0 bridgehead atoms. The quantitative estimate of drug-likeness (QED) is 0.307. The summed E-state index contributed by atoms with van der Waals surface area (Å²) in [4.78, 5) is 32.5. The minimum Gasteiger partial charge on any atom is -0.504 e. The molecule has 228 valence electrons. The zero-order valence-electron chi connectivity index (χ0n) is 24.9. The lowest BCUT2D eigenvalue weighted by atomic mass is 9.63. The molecule has 6 atom stereocenters. The number of benzene rings is 2. The number of esters is 2. The predicted octanol–water partition coefficient (Wildman–Crippen LogP) is 4.26. The number of rotatable bonds is 7. The van der Waals surface area contributed by atoms with E-state index in [4.69, 9.17) is 23.7 Å². The van der Waals surface area contributed by atoms with Gasteiger partial charge in [0.15, 0.2) is 11.5 Å². The smallest absolute Gasteiger partial charge is 0.331 e. The van der Waals surface area contributed by atoms with E-state index in [1.807, 2.05) is 12.1 Å². The van der Waals surface area contributed by atoms with Crippen molar-refractivity contribution in [3.05, 3.63) is 59.3 Å². The first kappa shape index (κ1) is 29.1. The molecular weight excluding hydrogens is 552 g/mol. The Bertz CT molecular complexity index is 1550. The van der Waals surface area contributed by atoms with E-state index in [1.54, 1.807) is 32.4 Å². The molecule has 1 unspecified atom stereocenters. The molecule has 1 aromatic heterocycles. The van der Waals surface area contributed by atoms with Gasteiger partial charge in [-0.2, -0.15) is 0 Å². The van der Waals surface area contributed by atoms with Crippen LogP contribution in [0.15, 0.2) is 42.5 Å². The van der Waals surface area contributed by atoms with E-state index in [-0.39, 0.29) is 29.6 Å². The van der Waals surface area contributed by atoms with Gasteiger partial charge in [-0.15, -0.1) is 0 Å². The van der Waals surface area contributed by atoms with Crippen LogP contribution in [0.3, 0.4) is 0 Å². The number of fused-ring (bicyclic) bond motifs is 6. The predicted molar refractivity (Wildman–Crippen MR) is 159 cm³/mol. The van der Waals surface area contributed by atoms with Crippen molar-refractivity contribution < 1.29 is 38.4 Å². The number of methoxy groups -OCH3 is 4. The minimum absolute atomic E-state index is 0.000466. The lowest BCUT2D eigenvalue weighted by molar-refractivity contribution is -0.187. The van der Waals surface area contributed by atoms with E-state index >= 15 is 0 Å². The molecule has 3 aromatic rings. The number of ether oxygens (including phenoxy) is 5. The molecule has 2 fully saturated rings. The van der Waals surface area contributed by atoms with Gasteiger partial charge in [0.2, 0.25) is 0 Å². The molecule has 43 heavy (non-hydrogen) atoms. The number of aromatic hydroxyl groups is 1. The van der Waals surface area contributed by atoms with E-state index in [2.05, 4.69) is 16.0 Å². The molecule has 10 heteroatoms. The fraction of sp³-hybridized carbons (Fsp3) is 0.455. The van der Waals surface area contributed by atoms with Gasteiger partial charge in [0, 0.05) is 48.9 Å². The number of carbonyl (C=O) groups is 2. The van der Waals surface area contributed by atoms with Crippen LogP contribution in [-0.2, 0) is 30.2 Å². The summed E-state index contributed by atoms with van der Waals surface area (Å²) in [6.45, 7) is 1.70. The van der Waals surface area contributed by atoms with E-state index in [0.717, 1.165) is 37.2 Å². The Balaban J connectivity index is 1.24. The van der Waals surface area contributed by atoms with Crippen LogP contribution in [0.4, 0.5) is 0 Å². The number of aromatic amines is 1. The zero-order valence-corrected chi connectivity index (χ0v) is 24.9. The monoisotopic (exact) mass is 590 g/mol. The molecule has 1 aliphatic carbocycles. The molecule has 0 amide bonds. The fourth-order valence-corrected chi connectivity index (χ4v) is 7.51. The number of carbonyl (C=O) groups excluding carboxylic acids is 2. The summed E-state index contributed by atoms with van der Waals surface area (Å²) >= 11 is 0. The highest BCUT2D eigenvalue weighted by atomic mass is 16.6. The highest BCUT2D eigenvalue weighted by molar-refractivity contribution is 5.88. The van der Waals surface area contributed by atoms with Crippen LogP contribution in [0.25, 0.3) is 17.0 Å². The minimum atomic E-state index is -0.638. The first-order valence-corrected chi connectivity index (χ1v) is 14.6. The molecule has 2 N–H and O–H groups in total. The second kappa shape index (κ2) is 11.9. The molecule has 0 radical (unpaired) electrons. The molecular formula is C33H38N2O8. The highest BCUT2D eigenvalue weighted by Gasteiger charge is 2.54. The molecule has 10 nitrogen and oxygen atoms in total. The maximum absolute atomic E-state index is 13.3. The van der Waals surface area contributed by atoms with Crippen LogP contribution >= 0.6 is 0 Å². The van der Waals surface area contributed by atoms with Gasteiger partial charge in [-0.05, 0) is 72.6 Å². The third-order valence-electron chi connectivity index (χ3n) is 9.48. The summed E-state index contributed by atoms with van der Waals surface area (Å²) in [7, 11) is 6.08. The summed E-state index contributed by atoms with van der Waals surface area (Å²) in [5.74, 6) is -0.200. The number of phenols is 1. The number of H-pyrrole nitrogens is 1. The number of hydrogen-bond donors (Lipinski definition) is 2. The molecule has 3 aliphatic rings. The number of hydrogen-bond acceptors (Lipinski definition) is 9. The van der Waals surface area contributed by atoms with Crippen molar-refractivity contribution in [3.63, 3.8) is 0 Å². The first-order chi connectivity index (χ1) is 20.8. The second-order valence-electron chi connectivity index (χ2n) is 11.6. The first-order valence-electron chi connectivity index (χ1n) is 14.6. The standard InChI is InChI=1S/C33H38N2O8/c1-39-20-7-8-21-22-11-12-35-17-19-14-28(43-29(37)10-6-18-5-9-26(36)27(13-18)40-2)32(41-3)30(33(38)42-4)23(19)16-25(35)31(22)34-24(21)15-20/h5-10,13,15,19,23,25,28,30,32,34,36H,11-12,14,16-17H2,1-4H3/t19-,23?,25-,28-,30+,32+/m1/s1.